The first-order valence-electron chi connectivity index (χ1n) is 9.09. The molecule has 0 saturated carbocycles. The molecular weight excluding hydrogens is 407 g/mol. The summed E-state index contributed by atoms with van der Waals surface area (Å²) in [5.74, 6) is 0. The molecule has 9 heteroatoms. The third-order valence-corrected chi connectivity index (χ3v) is 12.0. The van der Waals surface area contributed by atoms with Gasteiger partial charge in [0.1, 0.15) is 0 Å². The molecule has 0 aliphatic carbocycles. The molecule has 0 radical (unpaired) electrons. The Balaban J connectivity index is 2.26. The van der Waals surface area contributed by atoms with Crippen molar-refractivity contribution in [1.82, 2.24) is 4.31 Å². The van der Waals surface area contributed by atoms with E-state index >= 15 is 0 Å². The summed E-state index contributed by atoms with van der Waals surface area (Å²) >= 11 is 0. The van der Waals surface area contributed by atoms with E-state index in [4.69, 9.17) is 4.43 Å². The number of nitrogens with zero attached hydrogens (tertiary/aromatic N) is 1. The summed E-state index contributed by atoms with van der Waals surface area (Å²) < 4.78 is 71.9. The Labute approximate surface area is 166 Å². The highest BCUT2D eigenvalue weighted by atomic mass is 32.2. The third-order valence-electron chi connectivity index (χ3n) is 5.59. The van der Waals surface area contributed by atoms with Crippen molar-refractivity contribution in [2.24, 2.45) is 0 Å². The van der Waals surface area contributed by atoms with Crippen LogP contribution in [0.3, 0.4) is 0 Å². The van der Waals surface area contributed by atoms with Crippen LogP contribution in [0.25, 0.3) is 0 Å². The van der Waals surface area contributed by atoms with Gasteiger partial charge in [0, 0.05) is 12.6 Å². The van der Waals surface area contributed by atoms with E-state index < -0.39 is 36.1 Å². The molecule has 0 bridgehead atoms. The highest BCUT2D eigenvalue weighted by Gasteiger charge is 2.45. The summed E-state index contributed by atoms with van der Waals surface area (Å²) in [5.41, 5.74) is -0.882. The molecule has 1 aromatic rings. The third kappa shape index (κ3) is 4.69. The van der Waals surface area contributed by atoms with Crippen molar-refractivity contribution in [2.45, 2.75) is 68.5 Å². The van der Waals surface area contributed by atoms with Crippen LogP contribution in [0, 0.1) is 0 Å². The maximum Gasteiger partial charge on any atom is 0.416 e. The van der Waals surface area contributed by atoms with Gasteiger partial charge in [0.25, 0.3) is 0 Å². The van der Waals surface area contributed by atoms with Gasteiger partial charge in [-0.1, -0.05) is 26.8 Å². The van der Waals surface area contributed by atoms with Gasteiger partial charge in [-0.25, -0.2) is 8.42 Å². The minimum Gasteiger partial charge on any atom is -0.413 e. The Bertz CT molecular complexity index is 814. The van der Waals surface area contributed by atoms with E-state index in [0.717, 1.165) is 24.3 Å². The van der Waals surface area contributed by atoms with Crippen molar-refractivity contribution in [2.75, 3.05) is 6.54 Å². The molecule has 1 aromatic carbocycles. The van der Waals surface area contributed by atoms with E-state index in [1.807, 2.05) is 0 Å². The number of halogens is 3. The topological polar surface area (TPSA) is 46.6 Å². The zero-order valence-corrected chi connectivity index (χ0v) is 18.7. The predicted octanol–water partition coefficient (Wildman–Crippen LogP) is 5.04. The fraction of sp³-hybridized carbons (Fsp3) is 0.579. The van der Waals surface area contributed by atoms with Gasteiger partial charge in [0.2, 0.25) is 10.0 Å². The minimum absolute atomic E-state index is 0.0175. The van der Waals surface area contributed by atoms with Gasteiger partial charge >= 0.3 is 6.18 Å². The van der Waals surface area contributed by atoms with Crippen molar-refractivity contribution in [3.63, 3.8) is 0 Å². The average Bonchev–Trinajstić information content (AvgIpc) is 2.96. The monoisotopic (exact) mass is 435 g/mol. The summed E-state index contributed by atoms with van der Waals surface area (Å²) in [7, 11) is -6.05. The zero-order chi connectivity index (χ0) is 21.5. The minimum atomic E-state index is -4.51. The van der Waals surface area contributed by atoms with Gasteiger partial charge in [-0.2, -0.15) is 17.5 Å². The quantitative estimate of drug-likeness (QED) is 0.481. The van der Waals surface area contributed by atoms with Crippen molar-refractivity contribution in [1.29, 1.82) is 0 Å². The van der Waals surface area contributed by atoms with Crippen molar-refractivity contribution in [3.8, 4) is 0 Å². The van der Waals surface area contributed by atoms with Gasteiger partial charge < -0.3 is 4.43 Å². The van der Waals surface area contributed by atoms with E-state index in [2.05, 4.69) is 40.4 Å². The number of alkyl halides is 3. The molecule has 0 unspecified atom stereocenters. The second-order valence-corrected chi connectivity index (χ2v) is 15.3. The predicted molar refractivity (Wildman–Crippen MR) is 106 cm³/mol. The fourth-order valence-corrected chi connectivity index (χ4v) is 5.92. The molecule has 1 aliphatic heterocycles. The second-order valence-electron chi connectivity index (χ2n) is 8.64. The zero-order valence-electron chi connectivity index (χ0n) is 16.9. The lowest BCUT2D eigenvalue weighted by Gasteiger charge is -2.38. The maximum absolute atomic E-state index is 13.0. The molecule has 1 saturated heterocycles. The Morgan fingerprint density at radius 2 is 1.71 bits per heavy atom. The van der Waals surface area contributed by atoms with Gasteiger partial charge in [-0.3, -0.25) is 0 Å². The summed E-state index contributed by atoms with van der Waals surface area (Å²) in [6.45, 7) is 14.4. The molecule has 2 rings (SSSR count). The smallest absolute Gasteiger partial charge is 0.413 e. The maximum atomic E-state index is 13.0. The molecule has 1 fully saturated rings. The van der Waals surface area contributed by atoms with Crippen LogP contribution in [0.4, 0.5) is 13.2 Å². The standard InChI is InChI=1S/C19H28F3NO3SSi/c1-7-15-12-16(26-28(5,6)18(2,3)4)13-23(15)27(24,25)17-10-8-14(9-11-17)19(20,21)22/h7-11,15-16H,1,12-13H2,2-6H3/t15-,16+/m1/s1. The van der Waals surface area contributed by atoms with E-state index in [1.54, 1.807) is 6.08 Å². The highest BCUT2D eigenvalue weighted by Crippen LogP contribution is 2.40. The molecule has 2 atom stereocenters. The fourth-order valence-electron chi connectivity index (χ4n) is 2.92. The van der Waals surface area contributed by atoms with Gasteiger partial charge in [0.15, 0.2) is 8.32 Å². The molecule has 0 amide bonds. The molecule has 0 aromatic heterocycles. The molecule has 1 aliphatic rings. The van der Waals surface area contributed by atoms with Crippen LogP contribution < -0.4 is 0 Å². The second kappa shape index (κ2) is 7.59. The van der Waals surface area contributed by atoms with Gasteiger partial charge in [0.05, 0.1) is 16.6 Å². The van der Waals surface area contributed by atoms with E-state index in [1.165, 1.54) is 4.31 Å². The lowest BCUT2D eigenvalue weighted by atomic mass is 10.2. The van der Waals surface area contributed by atoms with E-state index in [0.29, 0.717) is 6.42 Å². The van der Waals surface area contributed by atoms with E-state index in [-0.39, 0.29) is 22.6 Å². The van der Waals surface area contributed by atoms with Crippen LogP contribution in [0.2, 0.25) is 18.1 Å². The Morgan fingerprint density at radius 1 is 1.18 bits per heavy atom. The number of hydrogen-bond donors (Lipinski definition) is 0. The Hall–Kier alpha value is -1.16. The Morgan fingerprint density at radius 3 is 2.14 bits per heavy atom. The molecule has 158 valence electrons. The highest BCUT2D eigenvalue weighted by molar-refractivity contribution is 7.89. The molecule has 28 heavy (non-hydrogen) atoms. The lowest BCUT2D eigenvalue weighted by molar-refractivity contribution is -0.137. The van der Waals surface area contributed by atoms with Crippen LogP contribution in [-0.4, -0.2) is 39.7 Å². The number of benzene rings is 1. The van der Waals surface area contributed by atoms with Crippen LogP contribution >= 0.6 is 0 Å². The normalized spacial score (nSPS) is 22.4. The van der Waals surface area contributed by atoms with Crippen molar-refractivity contribution < 1.29 is 26.0 Å². The number of sulfonamides is 1. The largest absolute Gasteiger partial charge is 0.416 e. The summed E-state index contributed by atoms with van der Waals surface area (Å²) in [6, 6.07) is 3.12. The first-order chi connectivity index (χ1) is 12.6. The molecule has 0 N–H and O–H groups in total. The van der Waals surface area contributed by atoms with Crippen molar-refractivity contribution in [3.05, 3.63) is 42.5 Å². The first kappa shape index (κ1) is 23.1. The molecule has 1 heterocycles. The summed E-state index contributed by atoms with van der Waals surface area (Å²) in [6.07, 6.45) is -2.75. The average molecular weight is 436 g/mol. The molecular formula is C19H28F3NO3SSi. The summed E-state index contributed by atoms with van der Waals surface area (Å²) in [5, 5.41) is -0.0175. The SMILES string of the molecule is C=C[C@@H]1C[C@H](O[Si](C)(C)C(C)(C)C)CN1S(=O)(=O)c1ccc(C(F)(F)F)cc1. The van der Waals surface area contributed by atoms with Crippen LogP contribution in [-0.2, 0) is 20.6 Å². The van der Waals surface area contributed by atoms with Crippen LogP contribution in [0.1, 0.15) is 32.8 Å². The van der Waals surface area contributed by atoms with Crippen LogP contribution in [0.15, 0.2) is 41.8 Å². The van der Waals surface area contributed by atoms with Crippen molar-refractivity contribution >= 4 is 18.3 Å². The number of rotatable bonds is 5. The Kier molecular flexibility index (Phi) is 6.26. The molecule has 0 spiro atoms. The molecule has 4 nitrogen and oxygen atoms in total. The lowest BCUT2D eigenvalue weighted by Crippen LogP contribution is -2.44. The summed E-state index contributed by atoms with van der Waals surface area (Å²) in [4.78, 5) is -0.166. The van der Waals surface area contributed by atoms with Gasteiger partial charge in [-0.15, -0.1) is 6.58 Å². The van der Waals surface area contributed by atoms with Gasteiger partial charge in [-0.05, 0) is 48.8 Å². The first-order valence-corrected chi connectivity index (χ1v) is 13.4. The van der Waals surface area contributed by atoms with Crippen LogP contribution in [0.5, 0.6) is 0 Å². The number of hydrogen-bond acceptors (Lipinski definition) is 3. The van der Waals surface area contributed by atoms with E-state index in [9.17, 15) is 21.6 Å².